The number of carbonyl (C=O) groups is 2. The molecule has 0 aliphatic rings. The lowest BCUT2D eigenvalue weighted by Crippen LogP contribution is -2.22. The molecule has 0 saturated heterocycles. The van der Waals surface area contributed by atoms with Gasteiger partial charge in [0.1, 0.15) is 0 Å². The molecule has 0 radical (unpaired) electrons. The topological polar surface area (TPSA) is 66.4 Å². The van der Waals surface area contributed by atoms with Gasteiger partial charge in [0.05, 0.1) is 5.92 Å². The average molecular weight is 376 g/mol. The first-order valence-corrected chi connectivity index (χ1v) is 10.6. The lowest BCUT2D eigenvalue weighted by molar-refractivity contribution is -0.143. The molecule has 4 heteroatoms. The molecule has 1 rings (SSSR count). The minimum absolute atomic E-state index is 0.0424. The Balaban J connectivity index is 2.18. The van der Waals surface area contributed by atoms with E-state index in [4.69, 9.17) is 0 Å². The number of carbonyl (C=O) groups excluding carboxylic acids is 1. The number of hydrogen-bond donors (Lipinski definition) is 2. The van der Waals surface area contributed by atoms with Crippen LogP contribution in [0.1, 0.15) is 89.5 Å². The van der Waals surface area contributed by atoms with Gasteiger partial charge in [0.15, 0.2) is 0 Å². The largest absolute Gasteiger partial charge is 0.481 e. The van der Waals surface area contributed by atoms with Gasteiger partial charge < -0.3 is 10.4 Å². The zero-order chi connectivity index (χ0) is 19.9. The Labute approximate surface area is 164 Å². The van der Waals surface area contributed by atoms with Gasteiger partial charge in [-0.1, -0.05) is 83.3 Å². The molecule has 4 nitrogen and oxygen atoms in total. The molecule has 2 N–H and O–H groups in total. The average Bonchev–Trinajstić information content (AvgIpc) is 2.62. The molecule has 0 saturated carbocycles. The number of anilines is 1. The van der Waals surface area contributed by atoms with Crippen LogP contribution in [0.2, 0.25) is 0 Å². The molecule has 0 aliphatic heterocycles. The molecular weight excluding hydrogens is 338 g/mol. The Morgan fingerprint density at radius 2 is 1.56 bits per heavy atom. The van der Waals surface area contributed by atoms with Crippen molar-refractivity contribution in [2.75, 3.05) is 5.32 Å². The number of carboxylic acid groups (broad SMARTS) is 1. The van der Waals surface area contributed by atoms with Crippen LogP contribution in [-0.4, -0.2) is 17.0 Å². The van der Waals surface area contributed by atoms with E-state index in [0.717, 1.165) is 30.5 Å². The summed E-state index contributed by atoms with van der Waals surface area (Å²) in [5, 5.41) is 12.2. The smallest absolute Gasteiger partial charge is 0.307 e. The molecule has 1 unspecified atom stereocenters. The Bertz CT molecular complexity index is 556. The summed E-state index contributed by atoms with van der Waals surface area (Å²) in [4.78, 5) is 23.6. The van der Waals surface area contributed by atoms with Gasteiger partial charge in [-0.05, 0) is 31.0 Å². The minimum Gasteiger partial charge on any atom is -0.481 e. The van der Waals surface area contributed by atoms with E-state index in [1.54, 1.807) is 0 Å². The zero-order valence-corrected chi connectivity index (χ0v) is 17.1. The van der Waals surface area contributed by atoms with Gasteiger partial charge in [0.2, 0.25) is 5.91 Å². The standard InChI is InChI=1S/C23H37NO3/c1-3-4-5-6-7-8-9-10-11-12-15-20(23(26)27)18-22(25)24-21-16-13-14-19(2)17-21/h13-14,16-17,20H,3-12,15,18H2,1-2H3,(H,24,25)(H,26,27). The second-order valence-corrected chi connectivity index (χ2v) is 7.63. The number of rotatable bonds is 15. The van der Waals surface area contributed by atoms with E-state index < -0.39 is 11.9 Å². The second kappa shape index (κ2) is 14.2. The van der Waals surface area contributed by atoms with Crippen LogP contribution in [0.5, 0.6) is 0 Å². The lowest BCUT2D eigenvalue weighted by Gasteiger charge is -2.12. The van der Waals surface area contributed by atoms with Gasteiger partial charge in [-0.15, -0.1) is 0 Å². The van der Waals surface area contributed by atoms with Crippen LogP contribution in [0.4, 0.5) is 5.69 Å². The number of aryl methyl sites for hydroxylation is 1. The SMILES string of the molecule is CCCCCCCCCCCCC(CC(=O)Nc1cccc(C)c1)C(=O)O. The van der Waals surface area contributed by atoms with Crippen molar-refractivity contribution in [3.8, 4) is 0 Å². The summed E-state index contributed by atoms with van der Waals surface area (Å²) >= 11 is 0. The highest BCUT2D eigenvalue weighted by Gasteiger charge is 2.20. The monoisotopic (exact) mass is 375 g/mol. The molecule has 152 valence electrons. The van der Waals surface area contributed by atoms with Crippen LogP contribution < -0.4 is 5.32 Å². The number of nitrogens with one attached hydrogen (secondary N) is 1. The summed E-state index contributed by atoms with van der Waals surface area (Å²) in [5.41, 5.74) is 1.79. The summed E-state index contributed by atoms with van der Waals surface area (Å²) < 4.78 is 0. The number of benzene rings is 1. The maximum atomic E-state index is 12.1. The van der Waals surface area contributed by atoms with Gasteiger partial charge in [-0.25, -0.2) is 0 Å². The molecule has 0 aliphatic carbocycles. The molecule has 1 atom stereocenters. The van der Waals surface area contributed by atoms with Crippen LogP contribution in [0.25, 0.3) is 0 Å². The Hall–Kier alpha value is -1.84. The summed E-state index contributed by atoms with van der Waals surface area (Å²) in [6.07, 6.45) is 12.9. The molecule has 1 aromatic carbocycles. The van der Waals surface area contributed by atoms with E-state index >= 15 is 0 Å². The Kier molecular flexibility index (Phi) is 12.2. The summed E-state index contributed by atoms with van der Waals surface area (Å²) in [6, 6.07) is 7.54. The molecule has 0 aromatic heterocycles. The van der Waals surface area contributed by atoms with E-state index in [0.29, 0.717) is 6.42 Å². The van der Waals surface area contributed by atoms with E-state index in [2.05, 4.69) is 12.2 Å². The minimum atomic E-state index is -0.870. The first kappa shape index (κ1) is 23.2. The van der Waals surface area contributed by atoms with Gasteiger partial charge in [-0.2, -0.15) is 0 Å². The van der Waals surface area contributed by atoms with Gasteiger partial charge >= 0.3 is 5.97 Å². The maximum absolute atomic E-state index is 12.1. The van der Waals surface area contributed by atoms with Crippen molar-refractivity contribution in [2.45, 2.75) is 90.9 Å². The highest BCUT2D eigenvalue weighted by atomic mass is 16.4. The molecule has 0 fully saturated rings. The quantitative estimate of drug-likeness (QED) is 0.352. The molecule has 27 heavy (non-hydrogen) atoms. The molecule has 0 bridgehead atoms. The fraction of sp³-hybridized carbons (Fsp3) is 0.652. The normalized spacial score (nSPS) is 11.9. The van der Waals surface area contributed by atoms with Crippen molar-refractivity contribution in [3.63, 3.8) is 0 Å². The molecular formula is C23H37NO3. The van der Waals surface area contributed by atoms with Crippen molar-refractivity contribution in [2.24, 2.45) is 5.92 Å². The number of aliphatic carboxylic acids is 1. The van der Waals surface area contributed by atoms with Crippen LogP contribution in [-0.2, 0) is 9.59 Å². The van der Waals surface area contributed by atoms with E-state index in [-0.39, 0.29) is 12.3 Å². The number of amides is 1. The lowest BCUT2D eigenvalue weighted by atomic mass is 9.96. The van der Waals surface area contributed by atoms with Crippen molar-refractivity contribution in [1.82, 2.24) is 0 Å². The Morgan fingerprint density at radius 3 is 2.11 bits per heavy atom. The molecule has 0 heterocycles. The molecule has 1 aromatic rings. The summed E-state index contributed by atoms with van der Waals surface area (Å²) in [5.74, 6) is -1.69. The van der Waals surface area contributed by atoms with Crippen LogP contribution in [0, 0.1) is 12.8 Å². The van der Waals surface area contributed by atoms with Crippen LogP contribution >= 0.6 is 0 Å². The van der Waals surface area contributed by atoms with Crippen molar-refractivity contribution >= 4 is 17.6 Å². The third kappa shape index (κ3) is 11.5. The van der Waals surface area contributed by atoms with Gasteiger partial charge in [0.25, 0.3) is 0 Å². The zero-order valence-electron chi connectivity index (χ0n) is 17.1. The van der Waals surface area contributed by atoms with E-state index in [1.807, 2.05) is 31.2 Å². The fourth-order valence-electron chi connectivity index (χ4n) is 3.35. The third-order valence-corrected chi connectivity index (χ3v) is 4.99. The van der Waals surface area contributed by atoms with Gasteiger partial charge in [0, 0.05) is 12.1 Å². The number of unbranched alkanes of at least 4 members (excludes halogenated alkanes) is 9. The summed E-state index contributed by atoms with van der Waals surface area (Å²) in [6.45, 7) is 4.19. The van der Waals surface area contributed by atoms with Crippen molar-refractivity contribution in [1.29, 1.82) is 0 Å². The van der Waals surface area contributed by atoms with Crippen LogP contribution in [0.15, 0.2) is 24.3 Å². The van der Waals surface area contributed by atoms with Gasteiger partial charge in [-0.3, -0.25) is 9.59 Å². The Morgan fingerprint density at radius 1 is 0.963 bits per heavy atom. The molecule has 1 amide bonds. The highest BCUT2D eigenvalue weighted by molar-refractivity contribution is 5.93. The number of hydrogen-bond acceptors (Lipinski definition) is 2. The third-order valence-electron chi connectivity index (χ3n) is 4.99. The van der Waals surface area contributed by atoms with E-state index in [1.165, 1.54) is 44.9 Å². The van der Waals surface area contributed by atoms with E-state index in [9.17, 15) is 14.7 Å². The first-order chi connectivity index (χ1) is 13.0. The molecule has 0 spiro atoms. The summed E-state index contributed by atoms with van der Waals surface area (Å²) in [7, 11) is 0. The first-order valence-electron chi connectivity index (χ1n) is 10.6. The second-order valence-electron chi connectivity index (χ2n) is 7.63. The predicted molar refractivity (Wildman–Crippen MR) is 112 cm³/mol. The maximum Gasteiger partial charge on any atom is 0.307 e. The fourth-order valence-corrected chi connectivity index (χ4v) is 3.35. The highest BCUT2D eigenvalue weighted by Crippen LogP contribution is 2.18. The van der Waals surface area contributed by atoms with Crippen molar-refractivity contribution < 1.29 is 14.7 Å². The predicted octanol–water partition coefficient (Wildman–Crippen LogP) is 6.34. The number of carboxylic acids is 1. The van der Waals surface area contributed by atoms with Crippen LogP contribution in [0.3, 0.4) is 0 Å². The van der Waals surface area contributed by atoms with Crippen molar-refractivity contribution in [3.05, 3.63) is 29.8 Å².